The van der Waals surface area contributed by atoms with Crippen LogP contribution in [0.25, 0.3) is 0 Å². The van der Waals surface area contributed by atoms with Gasteiger partial charge in [-0.25, -0.2) is 14.6 Å². The van der Waals surface area contributed by atoms with E-state index >= 15 is 0 Å². The number of carbonyl (C=O) groups excluding carboxylic acids is 1. The highest BCUT2D eigenvalue weighted by atomic mass is 19.1. The number of benzene rings is 2. The Kier molecular flexibility index (Phi) is 3.95. The largest absolute Gasteiger partial charge is 0.508 e. The van der Waals surface area contributed by atoms with Crippen LogP contribution >= 0.6 is 0 Å². The van der Waals surface area contributed by atoms with E-state index in [9.17, 15) is 14.3 Å². The lowest BCUT2D eigenvalue weighted by atomic mass is 10.0. The number of amides is 2. The lowest BCUT2D eigenvalue weighted by molar-refractivity contribution is 0.249. The Balaban J connectivity index is 2.44. The molecule has 0 spiro atoms. The number of phenols is 1. The summed E-state index contributed by atoms with van der Waals surface area (Å²) < 4.78 is 13.0. The van der Waals surface area contributed by atoms with Crippen LogP contribution in [0.1, 0.15) is 11.1 Å². The molecule has 20 heavy (non-hydrogen) atoms. The Morgan fingerprint density at radius 2 is 1.55 bits per heavy atom. The summed E-state index contributed by atoms with van der Waals surface area (Å²) in [5.41, 5.74) is 8.78. The summed E-state index contributed by atoms with van der Waals surface area (Å²) in [5, 5.41) is 13.2. The Bertz CT molecular complexity index is 589. The molecule has 6 heteroatoms. The smallest absolute Gasteiger partial charge is 0.332 e. The maximum Gasteiger partial charge on any atom is 0.332 e. The van der Waals surface area contributed by atoms with Crippen LogP contribution in [0.3, 0.4) is 0 Å². The summed E-state index contributed by atoms with van der Waals surface area (Å²) in [7, 11) is 0. The molecule has 0 bridgehead atoms. The monoisotopic (exact) mass is 273 g/mol. The van der Waals surface area contributed by atoms with Gasteiger partial charge in [0, 0.05) is 11.1 Å². The van der Waals surface area contributed by atoms with E-state index in [4.69, 9.17) is 5.73 Å². The fraction of sp³-hybridized carbons (Fsp3) is 0. The second-order valence-electron chi connectivity index (χ2n) is 3.99. The van der Waals surface area contributed by atoms with Crippen molar-refractivity contribution in [2.45, 2.75) is 0 Å². The number of hydrogen-bond donors (Lipinski definition) is 3. The maximum absolute atomic E-state index is 13.0. The van der Waals surface area contributed by atoms with Crippen molar-refractivity contribution >= 4 is 11.7 Å². The number of hydrogen-bond acceptors (Lipinski definition) is 3. The van der Waals surface area contributed by atoms with Crippen molar-refractivity contribution < 1.29 is 14.3 Å². The van der Waals surface area contributed by atoms with Gasteiger partial charge < -0.3 is 10.8 Å². The van der Waals surface area contributed by atoms with Gasteiger partial charge in [0.2, 0.25) is 0 Å². The average molecular weight is 273 g/mol. The first kappa shape index (κ1) is 13.5. The molecule has 0 heterocycles. The predicted molar refractivity (Wildman–Crippen MR) is 72.9 cm³/mol. The summed E-state index contributed by atoms with van der Waals surface area (Å²) in [6.07, 6.45) is 0. The number of nitrogens with two attached hydrogens (primary N) is 1. The number of halogens is 1. The molecule has 0 saturated heterocycles. The molecule has 0 atom stereocenters. The van der Waals surface area contributed by atoms with E-state index in [1.165, 1.54) is 36.4 Å². The lowest BCUT2D eigenvalue weighted by Gasteiger charge is -2.07. The van der Waals surface area contributed by atoms with E-state index < -0.39 is 6.03 Å². The zero-order valence-corrected chi connectivity index (χ0v) is 10.4. The first-order chi connectivity index (χ1) is 9.56. The van der Waals surface area contributed by atoms with E-state index in [-0.39, 0.29) is 11.6 Å². The van der Waals surface area contributed by atoms with Crippen LogP contribution in [0.5, 0.6) is 5.75 Å². The summed E-state index contributed by atoms with van der Waals surface area (Å²) in [6.45, 7) is 0. The number of carbonyl (C=O) groups is 1. The molecule has 0 fully saturated rings. The number of aromatic hydroxyl groups is 1. The molecule has 0 aliphatic carbocycles. The van der Waals surface area contributed by atoms with Crippen molar-refractivity contribution in [2.24, 2.45) is 10.8 Å². The third-order valence-corrected chi connectivity index (χ3v) is 2.54. The van der Waals surface area contributed by atoms with Gasteiger partial charge in [-0.05, 0) is 48.5 Å². The zero-order valence-electron chi connectivity index (χ0n) is 10.4. The number of phenolic OH excluding ortho intramolecular Hbond substituents is 1. The molecular weight excluding hydrogens is 261 g/mol. The van der Waals surface area contributed by atoms with Crippen LogP contribution in [0.15, 0.2) is 53.6 Å². The number of nitrogens with one attached hydrogen (secondary N) is 1. The Morgan fingerprint density at radius 3 is 2.05 bits per heavy atom. The minimum absolute atomic E-state index is 0.107. The molecule has 2 aromatic carbocycles. The molecule has 2 rings (SSSR count). The normalized spacial score (nSPS) is 11.2. The van der Waals surface area contributed by atoms with Gasteiger partial charge in [-0.15, -0.1) is 0 Å². The van der Waals surface area contributed by atoms with Gasteiger partial charge >= 0.3 is 6.03 Å². The number of rotatable bonds is 3. The van der Waals surface area contributed by atoms with Gasteiger partial charge in [0.15, 0.2) is 0 Å². The van der Waals surface area contributed by atoms with Gasteiger partial charge in [-0.2, -0.15) is 5.10 Å². The maximum atomic E-state index is 13.0. The summed E-state index contributed by atoms with van der Waals surface area (Å²) in [5.74, 6) is -0.267. The third kappa shape index (κ3) is 3.32. The number of nitrogens with zero attached hydrogens (tertiary/aromatic N) is 1. The topological polar surface area (TPSA) is 87.7 Å². The summed E-state index contributed by atoms with van der Waals surface area (Å²) in [4.78, 5) is 10.8. The van der Waals surface area contributed by atoms with Crippen LogP contribution in [-0.2, 0) is 0 Å². The molecular formula is C14H12FN3O2. The molecule has 0 aliphatic heterocycles. The molecule has 0 radical (unpaired) electrons. The van der Waals surface area contributed by atoms with Gasteiger partial charge in [-0.1, -0.05) is 0 Å². The van der Waals surface area contributed by atoms with E-state index in [2.05, 4.69) is 10.5 Å². The highest BCUT2D eigenvalue weighted by Gasteiger charge is 2.08. The van der Waals surface area contributed by atoms with E-state index in [1.54, 1.807) is 12.1 Å². The summed E-state index contributed by atoms with van der Waals surface area (Å²) in [6, 6.07) is 11.1. The molecule has 5 nitrogen and oxygen atoms in total. The van der Waals surface area contributed by atoms with Crippen molar-refractivity contribution in [3.8, 4) is 5.75 Å². The van der Waals surface area contributed by atoms with Crippen LogP contribution in [0.4, 0.5) is 9.18 Å². The van der Waals surface area contributed by atoms with Gasteiger partial charge in [0.25, 0.3) is 0 Å². The van der Waals surface area contributed by atoms with Crippen LogP contribution in [-0.4, -0.2) is 16.8 Å². The van der Waals surface area contributed by atoms with E-state index in [0.29, 0.717) is 16.8 Å². The first-order valence-electron chi connectivity index (χ1n) is 5.75. The molecule has 0 aromatic heterocycles. The molecule has 0 saturated carbocycles. The summed E-state index contributed by atoms with van der Waals surface area (Å²) >= 11 is 0. The van der Waals surface area contributed by atoms with Gasteiger partial charge in [-0.3, -0.25) is 0 Å². The SMILES string of the molecule is NC(=O)N/N=C(/c1ccc(O)cc1)c1ccc(F)cc1. The second-order valence-corrected chi connectivity index (χ2v) is 3.99. The Morgan fingerprint density at radius 1 is 1.05 bits per heavy atom. The third-order valence-electron chi connectivity index (χ3n) is 2.54. The van der Waals surface area contributed by atoms with Crippen molar-refractivity contribution in [3.63, 3.8) is 0 Å². The van der Waals surface area contributed by atoms with Crippen molar-refractivity contribution in [3.05, 3.63) is 65.5 Å². The van der Waals surface area contributed by atoms with Crippen molar-refractivity contribution in [2.75, 3.05) is 0 Å². The lowest BCUT2D eigenvalue weighted by Crippen LogP contribution is -2.26. The van der Waals surface area contributed by atoms with Crippen LogP contribution < -0.4 is 11.2 Å². The van der Waals surface area contributed by atoms with Crippen LogP contribution in [0.2, 0.25) is 0 Å². The molecule has 102 valence electrons. The van der Waals surface area contributed by atoms with Gasteiger partial charge in [0.1, 0.15) is 11.6 Å². The highest BCUT2D eigenvalue weighted by Crippen LogP contribution is 2.15. The average Bonchev–Trinajstić information content (AvgIpc) is 2.42. The van der Waals surface area contributed by atoms with E-state index in [1.807, 2.05) is 0 Å². The molecule has 0 unspecified atom stereocenters. The minimum atomic E-state index is -0.802. The number of primary amides is 1. The number of urea groups is 1. The fourth-order valence-electron chi connectivity index (χ4n) is 1.63. The minimum Gasteiger partial charge on any atom is -0.508 e. The fourth-order valence-corrected chi connectivity index (χ4v) is 1.63. The predicted octanol–water partition coefficient (Wildman–Crippen LogP) is 1.95. The standard InChI is InChI=1S/C14H12FN3O2/c15-11-5-1-9(2-6-11)13(17-18-14(16)20)10-3-7-12(19)8-4-10/h1-8,19H,(H3,16,18,20)/b17-13+. The van der Waals surface area contributed by atoms with E-state index in [0.717, 1.165) is 0 Å². The van der Waals surface area contributed by atoms with Gasteiger partial charge in [0.05, 0.1) is 5.71 Å². The molecule has 2 amide bonds. The molecule has 0 aliphatic rings. The number of hydrazone groups is 1. The quantitative estimate of drug-likeness (QED) is 0.589. The zero-order chi connectivity index (χ0) is 14.5. The molecule has 4 N–H and O–H groups in total. The Hall–Kier alpha value is -2.89. The molecule has 2 aromatic rings. The highest BCUT2D eigenvalue weighted by molar-refractivity contribution is 6.13. The first-order valence-corrected chi connectivity index (χ1v) is 5.75. The van der Waals surface area contributed by atoms with Crippen LogP contribution in [0, 0.1) is 5.82 Å². The van der Waals surface area contributed by atoms with Crippen molar-refractivity contribution in [1.29, 1.82) is 0 Å². The van der Waals surface area contributed by atoms with Crippen molar-refractivity contribution in [1.82, 2.24) is 5.43 Å². The second kappa shape index (κ2) is 5.83. The Labute approximate surface area is 114 Å².